The normalized spacial score (nSPS) is 14.8. The number of benzene rings is 3. The van der Waals surface area contributed by atoms with Gasteiger partial charge in [-0.1, -0.05) is 64.1 Å². The Labute approximate surface area is 179 Å². The van der Waals surface area contributed by atoms with Crippen LogP contribution in [-0.2, 0) is 5.41 Å². The van der Waals surface area contributed by atoms with Crippen LogP contribution in [0.25, 0.3) is 0 Å². The summed E-state index contributed by atoms with van der Waals surface area (Å²) in [6, 6.07) is 22.5. The highest BCUT2D eigenvalue weighted by molar-refractivity contribution is 5.35. The molecule has 3 rings (SSSR count). The number of rotatable bonds is 7. The van der Waals surface area contributed by atoms with Gasteiger partial charge in [-0.25, -0.2) is 0 Å². The Kier molecular flexibility index (Phi) is 6.40. The molecule has 0 saturated heterocycles. The number of hydrogen-bond acceptors (Lipinski definition) is 3. The van der Waals surface area contributed by atoms with Crippen LogP contribution in [0.15, 0.2) is 72.8 Å². The monoisotopic (exact) mass is 404 g/mol. The SMILES string of the molecule is CC(CC(c1ccc(O)cc1)C(C)C(C)(C)c1ccc(O)cc1)c1ccc(O)cc1. The fourth-order valence-corrected chi connectivity index (χ4v) is 4.33. The molecule has 3 heteroatoms. The summed E-state index contributed by atoms with van der Waals surface area (Å²) in [4.78, 5) is 0. The second-order valence-electron chi connectivity index (χ2n) is 8.98. The van der Waals surface area contributed by atoms with Crippen molar-refractivity contribution < 1.29 is 15.3 Å². The van der Waals surface area contributed by atoms with Gasteiger partial charge >= 0.3 is 0 Å². The van der Waals surface area contributed by atoms with Crippen LogP contribution in [0.5, 0.6) is 17.2 Å². The lowest BCUT2D eigenvalue weighted by atomic mass is 9.65. The first-order chi connectivity index (χ1) is 14.2. The lowest BCUT2D eigenvalue weighted by molar-refractivity contribution is 0.271. The van der Waals surface area contributed by atoms with Crippen molar-refractivity contribution in [2.45, 2.75) is 51.4 Å². The number of hydrogen-bond donors (Lipinski definition) is 3. The second kappa shape index (κ2) is 8.83. The molecule has 0 saturated carbocycles. The molecule has 3 nitrogen and oxygen atoms in total. The van der Waals surface area contributed by atoms with Crippen LogP contribution in [0.1, 0.15) is 62.6 Å². The summed E-state index contributed by atoms with van der Waals surface area (Å²) < 4.78 is 0. The maximum absolute atomic E-state index is 9.78. The number of phenols is 3. The highest BCUT2D eigenvalue weighted by Crippen LogP contribution is 2.45. The highest BCUT2D eigenvalue weighted by Gasteiger charge is 2.35. The highest BCUT2D eigenvalue weighted by atomic mass is 16.3. The van der Waals surface area contributed by atoms with E-state index in [2.05, 4.69) is 27.7 Å². The third kappa shape index (κ3) is 4.79. The van der Waals surface area contributed by atoms with Crippen LogP contribution in [0.3, 0.4) is 0 Å². The van der Waals surface area contributed by atoms with Crippen LogP contribution in [0.2, 0.25) is 0 Å². The quantitative estimate of drug-likeness (QED) is 0.411. The standard InChI is InChI=1S/C27H32O3/c1-18(20-5-11-23(28)12-6-20)17-26(21-7-13-24(29)14-8-21)19(2)27(3,4)22-9-15-25(30)16-10-22/h5-16,18-19,26,28-30H,17H2,1-4H3. The third-order valence-corrected chi connectivity index (χ3v) is 6.74. The topological polar surface area (TPSA) is 60.7 Å². The van der Waals surface area contributed by atoms with Gasteiger partial charge in [-0.15, -0.1) is 0 Å². The molecule has 3 aromatic rings. The zero-order valence-electron chi connectivity index (χ0n) is 18.2. The van der Waals surface area contributed by atoms with Gasteiger partial charge in [-0.05, 0) is 82.7 Å². The van der Waals surface area contributed by atoms with Gasteiger partial charge in [0.25, 0.3) is 0 Å². The lowest BCUT2D eigenvalue weighted by Gasteiger charge is -2.39. The maximum atomic E-state index is 9.78. The summed E-state index contributed by atoms with van der Waals surface area (Å²) in [6.45, 7) is 9.01. The molecule has 3 aromatic carbocycles. The number of aromatic hydroxyl groups is 3. The second-order valence-corrected chi connectivity index (χ2v) is 8.98. The van der Waals surface area contributed by atoms with E-state index in [9.17, 15) is 15.3 Å². The van der Waals surface area contributed by atoms with Crippen molar-refractivity contribution in [3.05, 3.63) is 89.5 Å². The molecular formula is C27H32O3. The van der Waals surface area contributed by atoms with E-state index in [4.69, 9.17) is 0 Å². The van der Waals surface area contributed by atoms with Gasteiger partial charge in [-0.3, -0.25) is 0 Å². The predicted molar refractivity (Wildman–Crippen MR) is 122 cm³/mol. The van der Waals surface area contributed by atoms with Crippen molar-refractivity contribution in [1.82, 2.24) is 0 Å². The Morgan fingerprint density at radius 3 is 1.50 bits per heavy atom. The maximum Gasteiger partial charge on any atom is 0.115 e. The summed E-state index contributed by atoms with van der Waals surface area (Å²) in [5.74, 6) is 1.70. The molecule has 0 fully saturated rings. The Balaban J connectivity index is 1.94. The average Bonchev–Trinajstić information content (AvgIpc) is 2.73. The summed E-state index contributed by atoms with van der Waals surface area (Å²) in [5.41, 5.74) is 3.48. The zero-order chi connectivity index (χ0) is 21.9. The Hall–Kier alpha value is -2.94. The molecule has 0 spiro atoms. The summed E-state index contributed by atoms with van der Waals surface area (Å²) >= 11 is 0. The van der Waals surface area contributed by atoms with Crippen molar-refractivity contribution in [3.63, 3.8) is 0 Å². The first-order valence-electron chi connectivity index (χ1n) is 10.6. The van der Waals surface area contributed by atoms with Crippen LogP contribution in [0.4, 0.5) is 0 Å². The fraction of sp³-hybridized carbons (Fsp3) is 0.333. The van der Waals surface area contributed by atoms with Crippen molar-refractivity contribution in [1.29, 1.82) is 0 Å². The van der Waals surface area contributed by atoms with Crippen molar-refractivity contribution in [2.75, 3.05) is 0 Å². The molecular weight excluding hydrogens is 372 g/mol. The zero-order valence-corrected chi connectivity index (χ0v) is 18.2. The van der Waals surface area contributed by atoms with Gasteiger partial charge in [0.2, 0.25) is 0 Å². The molecule has 0 aliphatic heterocycles. The van der Waals surface area contributed by atoms with Gasteiger partial charge in [0.05, 0.1) is 0 Å². The molecule has 3 N–H and O–H groups in total. The molecule has 0 aliphatic rings. The molecule has 3 atom stereocenters. The molecule has 0 bridgehead atoms. The van der Waals surface area contributed by atoms with Crippen molar-refractivity contribution >= 4 is 0 Å². The molecule has 30 heavy (non-hydrogen) atoms. The van der Waals surface area contributed by atoms with Crippen LogP contribution >= 0.6 is 0 Å². The van der Waals surface area contributed by atoms with Crippen LogP contribution in [0, 0.1) is 5.92 Å². The first-order valence-corrected chi connectivity index (χ1v) is 10.6. The predicted octanol–water partition coefficient (Wildman–Crippen LogP) is 6.69. The lowest BCUT2D eigenvalue weighted by Crippen LogP contribution is -2.32. The van der Waals surface area contributed by atoms with E-state index in [0.29, 0.717) is 11.8 Å². The van der Waals surface area contributed by atoms with E-state index in [0.717, 1.165) is 6.42 Å². The number of phenolic OH excluding ortho intramolecular Hbond substituents is 3. The Morgan fingerprint density at radius 2 is 1.03 bits per heavy atom. The first kappa shape index (κ1) is 21.8. The third-order valence-electron chi connectivity index (χ3n) is 6.74. The average molecular weight is 405 g/mol. The minimum absolute atomic E-state index is 0.120. The Bertz CT molecular complexity index is 941. The molecule has 0 heterocycles. The van der Waals surface area contributed by atoms with Gasteiger partial charge in [0, 0.05) is 0 Å². The summed E-state index contributed by atoms with van der Waals surface area (Å²) in [6.07, 6.45) is 0.943. The van der Waals surface area contributed by atoms with E-state index in [1.807, 2.05) is 36.4 Å². The summed E-state index contributed by atoms with van der Waals surface area (Å²) in [7, 11) is 0. The molecule has 158 valence electrons. The van der Waals surface area contributed by atoms with Gasteiger partial charge in [-0.2, -0.15) is 0 Å². The Morgan fingerprint density at radius 1 is 0.633 bits per heavy atom. The van der Waals surface area contributed by atoms with Gasteiger partial charge < -0.3 is 15.3 Å². The van der Waals surface area contributed by atoms with E-state index in [1.54, 1.807) is 36.4 Å². The van der Waals surface area contributed by atoms with E-state index >= 15 is 0 Å². The molecule has 0 radical (unpaired) electrons. The molecule has 3 unspecified atom stereocenters. The van der Waals surface area contributed by atoms with E-state index < -0.39 is 0 Å². The van der Waals surface area contributed by atoms with Gasteiger partial charge in [0.15, 0.2) is 0 Å². The molecule has 0 aliphatic carbocycles. The molecule has 0 aromatic heterocycles. The van der Waals surface area contributed by atoms with Crippen molar-refractivity contribution in [3.8, 4) is 17.2 Å². The van der Waals surface area contributed by atoms with E-state index in [-0.39, 0.29) is 28.6 Å². The minimum atomic E-state index is -0.120. The summed E-state index contributed by atoms with van der Waals surface area (Å²) in [5, 5.41) is 29.1. The fourth-order valence-electron chi connectivity index (χ4n) is 4.33. The smallest absolute Gasteiger partial charge is 0.115 e. The van der Waals surface area contributed by atoms with Gasteiger partial charge in [0.1, 0.15) is 17.2 Å². The van der Waals surface area contributed by atoms with Crippen molar-refractivity contribution in [2.24, 2.45) is 5.92 Å². The molecule has 0 amide bonds. The van der Waals surface area contributed by atoms with Crippen LogP contribution in [-0.4, -0.2) is 15.3 Å². The van der Waals surface area contributed by atoms with Crippen LogP contribution < -0.4 is 0 Å². The van der Waals surface area contributed by atoms with E-state index in [1.165, 1.54) is 16.7 Å². The minimum Gasteiger partial charge on any atom is -0.508 e. The largest absolute Gasteiger partial charge is 0.508 e.